The second-order valence-electron chi connectivity index (χ2n) is 5.72. The number of anilines is 1. The van der Waals surface area contributed by atoms with Crippen LogP contribution in [-0.2, 0) is 28.8 Å². The number of rotatable bonds is 4. The summed E-state index contributed by atoms with van der Waals surface area (Å²) in [6, 6.07) is 7.25. The SMILES string of the molecule is COC(=O)c1c(NC(=O)Cc2ccccc2Cl)sc2c1CCCC2. The predicted molar refractivity (Wildman–Crippen MR) is 96.1 cm³/mol. The summed E-state index contributed by atoms with van der Waals surface area (Å²) < 4.78 is 4.92. The number of nitrogens with one attached hydrogen (secondary N) is 1. The number of hydrogen-bond donors (Lipinski definition) is 1. The van der Waals surface area contributed by atoms with Crippen molar-refractivity contribution in [3.8, 4) is 0 Å². The molecule has 1 aliphatic carbocycles. The average molecular weight is 364 g/mol. The van der Waals surface area contributed by atoms with Crippen molar-refractivity contribution in [2.24, 2.45) is 0 Å². The van der Waals surface area contributed by atoms with Gasteiger partial charge in [-0.25, -0.2) is 4.79 Å². The van der Waals surface area contributed by atoms with Crippen molar-refractivity contribution >= 4 is 39.8 Å². The molecule has 1 N–H and O–H groups in total. The van der Waals surface area contributed by atoms with Crippen LogP contribution in [-0.4, -0.2) is 19.0 Å². The Kier molecular flexibility index (Phi) is 5.21. The summed E-state index contributed by atoms with van der Waals surface area (Å²) in [6.45, 7) is 0. The van der Waals surface area contributed by atoms with Crippen LogP contribution in [0.2, 0.25) is 5.02 Å². The summed E-state index contributed by atoms with van der Waals surface area (Å²) in [5.74, 6) is -0.575. The highest BCUT2D eigenvalue weighted by molar-refractivity contribution is 7.17. The van der Waals surface area contributed by atoms with E-state index in [4.69, 9.17) is 16.3 Å². The molecule has 1 aromatic heterocycles. The fraction of sp³-hybridized carbons (Fsp3) is 0.333. The maximum Gasteiger partial charge on any atom is 0.341 e. The van der Waals surface area contributed by atoms with Crippen molar-refractivity contribution in [2.75, 3.05) is 12.4 Å². The molecule has 1 heterocycles. The van der Waals surface area contributed by atoms with E-state index in [2.05, 4.69) is 5.32 Å². The molecule has 126 valence electrons. The van der Waals surface area contributed by atoms with Crippen LogP contribution < -0.4 is 5.32 Å². The smallest absolute Gasteiger partial charge is 0.341 e. The molecular weight excluding hydrogens is 346 g/mol. The number of aryl methyl sites for hydroxylation is 1. The van der Waals surface area contributed by atoms with Gasteiger partial charge in [-0.3, -0.25) is 4.79 Å². The molecule has 0 spiro atoms. The minimum absolute atomic E-state index is 0.169. The van der Waals surface area contributed by atoms with E-state index in [0.717, 1.165) is 36.8 Å². The molecule has 1 aliphatic rings. The minimum atomic E-state index is -0.387. The zero-order chi connectivity index (χ0) is 17.1. The Bertz CT molecular complexity index is 785. The topological polar surface area (TPSA) is 55.4 Å². The number of ether oxygens (including phenoxy) is 1. The lowest BCUT2D eigenvalue weighted by Crippen LogP contribution is -2.17. The highest BCUT2D eigenvalue weighted by Crippen LogP contribution is 2.38. The third-order valence-corrected chi connectivity index (χ3v) is 5.70. The van der Waals surface area contributed by atoms with Crippen LogP contribution in [0.25, 0.3) is 0 Å². The molecule has 0 fully saturated rings. The van der Waals surface area contributed by atoms with E-state index < -0.39 is 0 Å². The maximum absolute atomic E-state index is 12.4. The van der Waals surface area contributed by atoms with Crippen molar-refractivity contribution in [1.29, 1.82) is 0 Å². The number of fused-ring (bicyclic) bond motifs is 1. The molecule has 24 heavy (non-hydrogen) atoms. The first-order chi connectivity index (χ1) is 11.6. The number of halogens is 1. The summed E-state index contributed by atoms with van der Waals surface area (Å²) in [5, 5.41) is 4.03. The lowest BCUT2D eigenvalue weighted by Gasteiger charge is -2.11. The standard InChI is InChI=1S/C18H18ClNO3S/c1-23-18(22)16-12-7-3-5-9-14(12)24-17(16)20-15(21)10-11-6-2-4-8-13(11)19/h2,4,6,8H,3,5,7,9-10H2,1H3,(H,20,21). The van der Waals surface area contributed by atoms with Crippen LogP contribution in [0.3, 0.4) is 0 Å². The highest BCUT2D eigenvalue weighted by atomic mass is 35.5. The molecule has 1 amide bonds. The van der Waals surface area contributed by atoms with Crippen LogP contribution in [0.4, 0.5) is 5.00 Å². The molecule has 0 aliphatic heterocycles. The molecule has 4 nitrogen and oxygen atoms in total. The number of methoxy groups -OCH3 is 1. The Hall–Kier alpha value is -1.85. The zero-order valence-electron chi connectivity index (χ0n) is 13.4. The summed E-state index contributed by atoms with van der Waals surface area (Å²) in [7, 11) is 1.37. The molecule has 0 radical (unpaired) electrons. The number of benzene rings is 1. The van der Waals surface area contributed by atoms with E-state index in [-0.39, 0.29) is 18.3 Å². The van der Waals surface area contributed by atoms with Crippen LogP contribution in [0, 0.1) is 0 Å². The van der Waals surface area contributed by atoms with Gasteiger partial charge in [0.15, 0.2) is 0 Å². The van der Waals surface area contributed by atoms with Gasteiger partial charge in [-0.15, -0.1) is 11.3 Å². The Morgan fingerprint density at radius 2 is 2.00 bits per heavy atom. The predicted octanol–water partition coefficient (Wildman–Crippen LogP) is 4.25. The molecule has 0 atom stereocenters. The van der Waals surface area contributed by atoms with Gasteiger partial charge in [-0.2, -0.15) is 0 Å². The molecule has 0 saturated heterocycles. The summed E-state index contributed by atoms with van der Waals surface area (Å²) in [4.78, 5) is 25.7. The summed E-state index contributed by atoms with van der Waals surface area (Å²) >= 11 is 7.59. The molecule has 3 rings (SSSR count). The van der Waals surface area contributed by atoms with Crippen molar-refractivity contribution in [1.82, 2.24) is 0 Å². The number of carbonyl (C=O) groups excluding carboxylic acids is 2. The third-order valence-electron chi connectivity index (χ3n) is 4.12. The van der Waals surface area contributed by atoms with Gasteiger partial charge in [-0.1, -0.05) is 29.8 Å². The number of carbonyl (C=O) groups is 2. The van der Waals surface area contributed by atoms with E-state index in [1.165, 1.54) is 23.3 Å². The van der Waals surface area contributed by atoms with Crippen LogP contribution in [0.15, 0.2) is 24.3 Å². The first-order valence-corrected chi connectivity index (χ1v) is 9.05. The van der Waals surface area contributed by atoms with E-state index in [9.17, 15) is 9.59 Å². The van der Waals surface area contributed by atoms with Crippen molar-refractivity contribution < 1.29 is 14.3 Å². The van der Waals surface area contributed by atoms with Crippen molar-refractivity contribution in [3.05, 3.63) is 50.9 Å². The zero-order valence-corrected chi connectivity index (χ0v) is 14.9. The molecule has 6 heteroatoms. The molecule has 0 bridgehead atoms. The molecule has 0 unspecified atom stereocenters. The second-order valence-corrected chi connectivity index (χ2v) is 7.24. The van der Waals surface area contributed by atoms with Crippen LogP contribution >= 0.6 is 22.9 Å². The highest BCUT2D eigenvalue weighted by Gasteiger charge is 2.26. The Balaban J connectivity index is 1.84. The van der Waals surface area contributed by atoms with E-state index >= 15 is 0 Å². The Morgan fingerprint density at radius 1 is 1.25 bits per heavy atom. The first-order valence-electron chi connectivity index (χ1n) is 7.86. The molecule has 2 aromatic rings. The van der Waals surface area contributed by atoms with Crippen molar-refractivity contribution in [3.63, 3.8) is 0 Å². The van der Waals surface area contributed by atoms with Crippen LogP contribution in [0.5, 0.6) is 0 Å². The monoisotopic (exact) mass is 363 g/mol. The van der Waals surface area contributed by atoms with Gasteiger partial charge < -0.3 is 10.1 Å². The van der Waals surface area contributed by atoms with Gasteiger partial charge in [0.05, 0.1) is 19.1 Å². The molecule has 0 saturated carbocycles. The van der Waals surface area contributed by atoms with E-state index in [0.29, 0.717) is 15.6 Å². The second kappa shape index (κ2) is 7.36. The number of thiophene rings is 1. The van der Waals surface area contributed by atoms with Gasteiger partial charge in [0, 0.05) is 9.90 Å². The van der Waals surface area contributed by atoms with Gasteiger partial charge in [0.1, 0.15) is 5.00 Å². The summed E-state index contributed by atoms with van der Waals surface area (Å²) in [5.41, 5.74) is 2.31. The van der Waals surface area contributed by atoms with E-state index in [1.807, 2.05) is 18.2 Å². The van der Waals surface area contributed by atoms with Crippen molar-refractivity contribution in [2.45, 2.75) is 32.1 Å². The maximum atomic E-state index is 12.4. The average Bonchev–Trinajstić information content (AvgIpc) is 2.94. The van der Waals surface area contributed by atoms with Gasteiger partial charge in [-0.05, 0) is 42.9 Å². The third kappa shape index (κ3) is 3.47. The lowest BCUT2D eigenvalue weighted by atomic mass is 9.95. The number of esters is 1. The first kappa shape index (κ1) is 17.0. The van der Waals surface area contributed by atoms with Gasteiger partial charge in [0.25, 0.3) is 0 Å². The normalized spacial score (nSPS) is 13.2. The largest absolute Gasteiger partial charge is 0.465 e. The number of hydrogen-bond acceptors (Lipinski definition) is 4. The molecule has 1 aromatic carbocycles. The van der Waals surface area contributed by atoms with Gasteiger partial charge in [0.2, 0.25) is 5.91 Å². The van der Waals surface area contributed by atoms with Gasteiger partial charge >= 0.3 is 5.97 Å². The molecular formula is C18H18ClNO3S. The lowest BCUT2D eigenvalue weighted by molar-refractivity contribution is -0.115. The minimum Gasteiger partial charge on any atom is -0.465 e. The summed E-state index contributed by atoms with van der Waals surface area (Å²) in [6.07, 6.45) is 4.14. The van der Waals surface area contributed by atoms with E-state index in [1.54, 1.807) is 6.07 Å². The number of amides is 1. The quantitative estimate of drug-likeness (QED) is 0.826. The van der Waals surface area contributed by atoms with Crippen LogP contribution in [0.1, 0.15) is 39.2 Å². The Morgan fingerprint density at radius 3 is 2.75 bits per heavy atom. The fourth-order valence-corrected chi connectivity index (χ4v) is 4.45. The fourth-order valence-electron chi connectivity index (χ4n) is 2.96. The Labute approximate surface area is 149 Å².